The molecule has 2 aromatic rings. The zero-order chi connectivity index (χ0) is 19.3. The lowest BCUT2D eigenvalue weighted by molar-refractivity contribution is -0.135. The van der Waals surface area contributed by atoms with Crippen LogP contribution < -0.4 is 5.32 Å². The Kier molecular flexibility index (Phi) is 4.25. The Morgan fingerprint density at radius 3 is 2.61 bits per heavy atom. The molecule has 0 spiro atoms. The SMILES string of the molecule is C[C@@]1(C(=O)NC2CCCCC2)Cn2c(cc3occc32)C(=O)N1C1CCCC1. The van der Waals surface area contributed by atoms with Gasteiger partial charge in [-0.3, -0.25) is 9.59 Å². The van der Waals surface area contributed by atoms with Gasteiger partial charge in [0.1, 0.15) is 11.2 Å². The van der Waals surface area contributed by atoms with Crippen LogP contribution >= 0.6 is 0 Å². The first-order valence-electron chi connectivity index (χ1n) is 10.8. The Labute approximate surface area is 165 Å². The van der Waals surface area contributed by atoms with Crippen molar-refractivity contribution in [3.63, 3.8) is 0 Å². The monoisotopic (exact) mass is 383 g/mol. The van der Waals surface area contributed by atoms with Crippen molar-refractivity contribution < 1.29 is 14.0 Å². The van der Waals surface area contributed by atoms with E-state index < -0.39 is 5.54 Å². The van der Waals surface area contributed by atoms with Crippen LogP contribution in [0.4, 0.5) is 0 Å². The highest BCUT2D eigenvalue weighted by molar-refractivity contribution is 6.03. The molecule has 6 heteroatoms. The van der Waals surface area contributed by atoms with E-state index in [0.29, 0.717) is 17.8 Å². The number of aromatic nitrogens is 1. The average Bonchev–Trinajstić information content (AvgIpc) is 3.41. The van der Waals surface area contributed by atoms with Crippen molar-refractivity contribution in [2.45, 2.75) is 88.9 Å². The van der Waals surface area contributed by atoms with Crippen molar-refractivity contribution in [2.24, 2.45) is 0 Å². The molecule has 6 nitrogen and oxygen atoms in total. The minimum atomic E-state index is -0.875. The summed E-state index contributed by atoms with van der Waals surface area (Å²) in [7, 11) is 0. The van der Waals surface area contributed by atoms with Crippen molar-refractivity contribution in [1.29, 1.82) is 0 Å². The summed E-state index contributed by atoms with van der Waals surface area (Å²) in [5.41, 5.74) is 1.38. The average molecular weight is 383 g/mol. The molecule has 0 saturated heterocycles. The standard InChI is InChI=1S/C22H29N3O3/c1-22(21(27)23-15-7-3-2-4-8-15)14-24-17-11-12-28-19(17)13-18(24)20(26)25(22)16-9-5-6-10-16/h11-13,15-16H,2-10,14H2,1H3,(H,23,27)/t22-/m0/s1. The molecule has 0 unspecified atom stereocenters. The topological polar surface area (TPSA) is 67.5 Å². The van der Waals surface area contributed by atoms with Crippen LogP contribution in [0.25, 0.3) is 11.1 Å². The molecule has 3 heterocycles. The number of rotatable bonds is 3. The van der Waals surface area contributed by atoms with Crippen LogP contribution in [0.15, 0.2) is 22.8 Å². The highest BCUT2D eigenvalue weighted by Crippen LogP contribution is 2.38. The van der Waals surface area contributed by atoms with Gasteiger partial charge in [-0.2, -0.15) is 0 Å². The first-order valence-corrected chi connectivity index (χ1v) is 10.8. The summed E-state index contributed by atoms with van der Waals surface area (Å²) in [6.07, 6.45) is 11.5. The largest absolute Gasteiger partial charge is 0.463 e. The molecule has 2 aromatic heterocycles. The lowest BCUT2D eigenvalue weighted by atomic mass is 9.90. The maximum atomic E-state index is 13.6. The zero-order valence-electron chi connectivity index (χ0n) is 16.6. The Morgan fingerprint density at radius 2 is 1.86 bits per heavy atom. The fourth-order valence-corrected chi connectivity index (χ4v) is 5.56. The molecule has 2 saturated carbocycles. The molecule has 150 valence electrons. The van der Waals surface area contributed by atoms with Gasteiger partial charge in [0.05, 0.1) is 18.3 Å². The summed E-state index contributed by atoms with van der Waals surface area (Å²) >= 11 is 0. The van der Waals surface area contributed by atoms with Gasteiger partial charge in [-0.05, 0) is 32.6 Å². The molecule has 2 fully saturated rings. The Hall–Kier alpha value is -2.24. The van der Waals surface area contributed by atoms with Crippen molar-refractivity contribution >= 4 is 22.9 Å². The minimum Gasteiger partial charge on any atom is -0.463 e. The Morgan fingerprint density at radius 1 is 1.14 bits per heavy atom. The van der Waals surface area contributed by atoms with Crippen LogP contribution in [0.1, 0.15) is 75.2 Å². The fraction of sp³-hybridized carbons (Fsp3) is 0.636. The van der Waals surface area contributed by atoms with Crippen LogP contribution in [-0.4, -0.2) is 38.9 Å². The van der Waals surface area contributed by atoms with Crippen LogP contribution in [0, 0.1) is 0 Å². The van der Waals surface area contributed by atoms with Crippen molar-refractivity contribution in [3.05, 3.63) is 24.1 Å². The van der Waals surface area contributed by atoms with E-state index in [1.807, 2.05) is 28.5 Å². The van der Waals surface area contributed by atoms with E-state index >= 15 is 0 Å². The molecule has 5 rings (SSSR count). The van der Waals surface area contributed by atoms with Crippen LogP contribution in [-0.2, 0) is 11.3 Å². The third kappa shape index (κ3) is 2.68. The van der Waals surface area contributed by atoms with Gasteiger partial charge in [-0.1, -0.05) is 32.1 Å². The Bertz CT molecular complexity index is 901. The number of nitrogens with zero attached hydrogens (tertiary/aromatic N) is 2. The van der Waals surface area contributed by atoms with Gasteiger partial charge >= 0.3 is 0 Å². The summed E-state index contributed by atoms with van der Waals surface area (Å²) in [5.74, 6) is -0.0403. The van der Waals surface area contributed by atoms with Crippen LogP contribution in [0.2, 0.25) is 0 Å². The van der Waals surface area contributed by atoms with Gasteiger partial charge in [0.2, 0.25) is 5.91 Å². The smallest absolute Gasteiger partial charge is 0.271 e. The van der Waals surface area contributed by atoms with E-state index in [1.165, 1.54) is 19.3 Å². The number of fused-ring (bicyclic) bond motifs is 3. The first-order chi connectivity index (χ1) is 13.6. The highest BCUT2D eigenvalue weighted by atomic mass is 16.3. The van der Waals surface area contributed by atoms with Gasteiger partial charge in [-0.15, -0.1) is 0 Å². The predicted molar refractivity (Wildman–Crippen MR) is 106 cm³/mol. The van der Waals surface area contributed by atoms with Gasteiger partial charge in [0.15, 0.2) is 5.58 Å². The van der Waals surface area contributed by atoms with E-state index in [0.717, 1.165) is 44.0 Å². The summed E-state index contributed by atoms with van der Waals surface area (Å²) in [6, 6.07) is 4.10. The van der Waals surface area contributed by atoms with E-state index in [9.17, 15) is 9.59 Å². The number of nitrogens with one attached hydrogen (secondary N) is 1. The third-order valence-electron chi connectivity index (χ3n) is 7.08. The zero-order valence-corrected chi connectivity index (χ0v) is 16.6. The third-order valence-corrected chi connectivity index (χ3v) is 7.08. The van der Waals surface area contributed by atoms with Crippen molar-refractivity contribution in [2.75, 3.05) is 0 Å². The predicted octanol–water partition coefficient (Wildman–Crippen LogP) is 3.84. The van der Waals surface area contributed by atoms with E-state index in [2.05, 4.69) is 5.32 Å². The quantitative estimate of drug-likeness (QED) is 0.876. The van der Waals surface area contributed by atoms with Crippen LogP contribution in [0.3, 0.4) is 0 Å². The lowest BCUT2D eigenvalue weighted by Crippen LogP contribution is -2.67. The molecular weight excluding hydrogens is 354 g/mol. The molecular formula is C22H29N3O3. The molecule has 3 aliphatic rings. The number of furan rings is 1. The summed E-state index contributed by atoms with van der Waals surface area (Å²) in [5, 5.41) is 3.30. The van der Waals surface area contributed by atoms with Gasteiger partial charge in [0, 0.05) is 24.2 Å². The molecule has 0 aromatic carbocycles. The fourth-order valence-electron chi connectivity index (χ4n) is 5.56. The second-order valence-electron chi connectivity index (χ2n) is 8.98. The second-order valence-corrected chi connectivity index (χ2v) is 8.98. The molecule has 28 heavy (non-hydrogen) atoms. The molecule has 1 atom stereocenters. The maximum absolute atomic E-state index is 13.6. The second kappa shape index (κ2) is 6.68. The van der Waals surface area contributed by atoms with E-state index in [-0.39, 0.29) is 23.9 Å². The molecule has 2 amide bonds. The Balaban J connectivity index is 1.53. The number of carbonyl (C=O) groups is 2. The summed E-state index contributed by atoms with van der Waals surface area (Å²) in [6.45, 7) is 2.43. The summed E-state index contributed by atoms with van der Waals surface area (Å²) in [4.78, 5) is 29.0. The number of carbonyl (C=O) groups excluding carboxylic acids is 2. The van der Waals surface area contributed by atoms with Crippen LogP contribution in [0.5, 0.6) is 0 Å². The van der Waals surface area contributed by atoms with Crippen molar-refractivity contribution in [1.82, 2.24) is 14.8 Å². The normalized spacial score (nSPS) is 26.8. The molecule has 0 radical (unpaired) electrons. The summed E-state index contributed by atoms with van der Waals surface area (Å²) < 4.78 is 7.52. The van der Waals surface area contributed by atoms with E-state index in [1.54, 1.807) is 6.26 Å². The van der Waals surface area contributed by atoms with Gasteiger partial charge < -0.3 is 19.2 Å². The minimum absolute atomic E-state index is 0.00403. The number of hydrogen-bond acceptors (Lipinski definition) is 3. The lowest BCUT2D eigenvalue weighted by Gasteiger charge is -2.47. The van der Waals surface area contributed by atoms with E-state index in [4.69, 9.17) is 4.42 Å². The van der Waals surface area contributed by atoms with Crippen molar-refractivity contribution in [3.8, 4) is 0 Å². The molecule has 1 N–H and O–H groups in total. The number of hydrogen-bond donors (Lipinski definition) is 1. The number of amides is 2. The van der Waals surface area contributed by atoms with Gasteiger partial charge in [-0.25, -0.2) is 0 Å². The highest BCUT2D eigenvalue weighted by Gasteiger charge is 2.51. The maximum Gasteiger partial charge on any atom is 0.271 e. The van der Waals surface area contributed by atoms with Gasteiger partial charge in [0.25, 0.3) is 5.91 Å². The molecule has 0 bridgehead atoms. The first kappa shape index (κ1) is 17.8. The molecule has 1 aliphatic heterocycles. The molecule has 2 aliphatic carbocycles.